The number of hydroxylamine groups is 2. The molecule has 1 fully saturated rings. The van der Waals surface area contributed by atoms with E-state index in [2.05, 4.69) is 27.0 Å². The Hall–Kier alpha value is -2.05. The molecule has 9 heteroatoms. The molecule has 2 heterocycles. The normalized spacial score (nSPS) is 18.3. The van der Waals surface area contributed by atoms with E-state index >= 15 is 0 Å². The smallest absolute Gasteiger partial charge is 0.243 e. The lowest BCUT2D eigenvalue weighted by Crippen LogP contribution is -2.50. The van der Waals surface area contributed by atoms with Crippen LogP contribution < -0.4 is 0 Å². The minimum absolute atomic E-state index is 0.00721. The van der Waals surface area contributed by atoms with E-state index in [1.165, 1.54) is 5.06 Å². The number of tetrazole rings is 1. The zero-order valence-corrected chi connectivity index (χ0v) is 14.2. The minimum Gasteiger partial charge on any atom is -0.294 e. The highest BCUT2D eigenvalue weighted by Gasteiger charge is 2.29. The molecule has 0 spiro atoms. The zero-order valence-electron chi connectivity index (χ0n) is 14.2. The minimum atomic E-state index is -0.0455. The van der Waals surface area contributed by atoms with Crippen molar-refractivity contribution >= 4 is 5.91 Å². The zero-order chi connectivity index (χ0) is 17.4. The van der Waals surface area contributed by atoms with Gasteiger partial charge in [-0.15, -0.1) is 5.10 Å². The fourth-order valence-electron chi connectivity index (χ4n) is 2.59. The molecule has 1 atom stereocenters. The van der Waals surface area contributed by atoms with Crippen LogP contribution in [-0.4, -0.2) is 61.3 Å². The Morgan fingerprint density at radius 1 is 1.52 bits per heavy atom. The Morgan fingerprint density at radius 2 is 2.22 bits per heavy atom. The summed E-state index contributed by atoms with van der Waals surface area (Å²) in [6.07, 6.45) is 1.98. The highest BCUT2D eigenvalue weighted by molar-refractivity contribution is 5.72. The Kier molecular flexibility index (Phi) is 7.57. The van der Waals surface area contributed by atoms with Crippen LogP contribution >= 0.6 is 0 Å². The summed E-state index contributed by atoms with van der Waals surface area (Å²) in [7, 11) is 1.83. The molecule has 1 unspecified atom stereocenters. The SMILES string of the molecule is C#N.CC(=O)N(OC(C)C)C1CCCN(Cc2nnnn2C)C1. The molecule has 1 aliphatic rings. The number of piperidine rings is 1. The van der Waals surface area contributed by atoms with Gasteiger partial charge in [-0.2, -0.15) is 0 Å². The Balaban J connectivity index is 0.00000127. The van der Waals surface area contributed by atoms with E-state index < -0.39 is 0 Å². The van der Waals surface area contributed by atoms with Crippen molar-refractivity contribution in [2.75, 3.05) is 13.1 Å². The fourth-order valence-corrected chi connectivity index (χ4v) is 2.59. The highest BCUT2D eigenvalue weighted by atomic mass is 16.7. The second-order valence-corrected chi connectivity index (χ2v) is 5.75. The van der Waals surface area contributed by atoms with Crippen molar-refractivity contribution in [2.24, 2.45) is 7.05 Å². The van der Waals surface area contributed by atoms with Gasteiger partial charge in [-0.1, -0.05) is 0 Å². The van der Waals surface area contributed by atoms with Crippen LogP contribution in [0.15, 0.2) is 0 Å². The number of aryl methyl sites for hydroxylation is 1. The number of hydrogen-bond acceptors (Lipinski definition) is 7. The molecule has 0 aliphatic carbocycles. The molecule has 0 bridgehead atoms. The van der Waals surface area contributed by atoms with Crippen molar-refractivity contribution in [2.45, 2.75) is 52.3 Å². The average Bonchev–Trinajstić information content (AvgIpc) is 2.92. The summed E-state index contributed by atoms with van der Waals surface area (Å²) in [6.45, 7) is 11.4. The number of amides is 1. The predicted octanol–water partition coefficient (Wildman–Crippen LogP) is 0.503. The lowest BCUT2D eigenvalue weighted by Gasteiger charge is -2.38. The quantitative estimate of drug-likeness (QED) is 0.727. The van der Waals surface area contributed by atoms with Crippen molar-refractivity contribution in [3.63, 3.8) is 0 Å². The molecule has 0 N–H and O–H groups in total. The van der Waals surface area contributed by atoms with Gasteiger partial charge in [0, 0.05) is 27.1 Å². The summed E-state index contributed by atoms with van der Waals surface area (Å²) >= 11 is 0. The Labute approximate surface area is 136 Å². The van der Waals surface area contributed by atoms with Gasteiger partial charge < -0.3 is 0 Å². The van der Waals surface area contributed by atoms with Crippen LogP contribution in [0, 0.1) is 11.8 Å². The van der Waals surface area contributed by atoms with Crippen molar-refractivity contribution in [3.8, 4) is 6.57 Å². The summed E-state index contributed by atoms with van der Waals surface area (Å²) in [4.78, 5) is 19.7. The summed E-state index contributed by atoms with van der Waals surface area (Å²) < 4.78 is 1.68. The molecule has 0 aromatic carbocycles. The van der Waals surface area contributed by atoms with Crippen molar-refractivity contribution in [3.05, 3.63) is 5.82 Å². The number of aromatic nitrogens is 4. The molecular formula is C14H25N7O2. The summed E-state index contributed by atoms with van der Waals surface area (Å²) in [5.41, 5.74) is 0. The van der Waals surface area contributed by atoms with E-state index in [4.69, 9.17) is 10.1 Å². The molecule has 0 radical (unpaired) electrons. The van der Waals surface area contributed by atoms with E-state index in [1.807, 2.05) is 20.9 Å². The van der Waals surface area contributed by atoms with Crippen molar-refractivity contribution in [1.82, 2.24) is 30.2 Å². The first-order valence-electron chi connectivity index (χ1n) is 7.63. The van der Waals surface area contributed by atoms with Crippen LogP contribution in [0.1, 0.15) is 39.4 Å². The molecule has 1 amide bonds. The van der Waals surface area contributed by atoms with Crippen LogP contribution in [0.5, 0.6) is 0 Å². The van der Waals surface area contributed by atoms with Crippen LogP contribution in [-0.2, 0) is 23.2 Å². The third-order valence-electron chi connectivity index (χ3n) is 3.52. The van der Waals surface area contributed by atoms with Gasteiger partial charge in [-0.05, 0) is 43.7 Å². The number of carbonyl (C=O) groups excluding carboxylic acids is 1. The van der Waals surface area contributed by atoms with Gasteiger partial charge >= 0.3 is 0 Å². The molecular weight excluding hydrogens is 298 g/mol. The van der Waals surface area contributed by atoms with Gasteiger partial charge in [-0.25, -0.2) is 15.0 Å². The first-order chi connectivity index (χ1) is 11.0. The van der Waals surface area contributed by atoms with Crippen LogP contribution in [0.4, 0.5) is 0 Å². The van der Waals surface area contributed by atoms with Gasteiger partial charge in [0.05, 0.1) is 18.7 Å². The van der Waals surface area contributed by atoms with Crippen LogP contribution in [0.25, 0.3) is 0 Å². The van der Waals surface area contributed by atoms with Gasteiger partial charge in [0.15, 0.2) is 5.82 Å². The summed E-state index contributed by atoms with van der Waals surface area (Å²) in [6, 6.07) is 0.0832. The third kappa shape index (κ3) is 5.58. The number of carbonyl (C=O) groups is 1. The maximum atomic E-state index is 11.8. The third-order valence-corrected chi connectivity index (χ3v) is 3.52. The van der Waals surface area contributed by atoms with Crippen LogP contribution in [0.2, 0.25) is 0 Å². The maximum Gasteiger partial charge on any atom is 0.243 e. The van der Waals surface area contributed by atoms with E-state index in [0.29, 0.717) is 6.54 Å². The number of hydrogen-bond donors (Lipinski definition) is 0. The second-order valence-electron chi connectivity index (χ2n) is 5.75. The van der Waals surface area contributed by atoms with Gasteiger partial charge in [0.1, 0.15) is 0 Å². The highest BCUT2D eigenvalue weighted by Crippen LogP contribution is 2.18. The van der Waals surface area contributed by atoms with Gasteiger partial charge in [0.2, 0.25) is 5.91 Å². The molecule has 9 nitrogen and oxygen atoms in total. The van der Waals surface area contributed by atoms with Crippen LogP contribution in [0.3, 0.4) is 0 Å². The number of nitriles is 1. The standard InChI is InChI=1S/C13H24N6O2.CHN/c1-10(2)21-19(11(3)20)12-6-5-7-18(8-12)9-13-14-15-16-17(13)4;1-2/h10,12H,5-9H2,1-4H3;1H. The first kappa shape index (κ1) is 19.0. The molecule has 128 valence electrons. The molecule has 23 heavy (non-hydrogen) atoms. The fraction of sp³-hybridized carbons (Fsp3) is 0.786. The Morgan fingerprint density at radius 3 is 2.74 bits per heavy atom. The monoisotopic (exact) mass is 323 g/mol. The Bertz CT molecular complexity index is 514. The lowest BCUT2D eigenvalue weighted by atomic mass is 10.1. The largest absolute Gasteiger partial charge is 0.294 e. The first-order valence-corrected chi connectivity index (χ1v) is 7.63. The summed E-state index contributed by atoms with van der Waals surface area (Å²) in [5.74, 6) is 0.783. The molecule has 1 saturated heterocycles. The lowest BCUT2D eigenvalue weighted by molar-refractivity contribution is -0.219. The van der Waals surface area contributed by atoms with Crippen molar-refractivity contribution in [1.29, 1.82) is 5.26 Å². The molecule has 2 rings (SSSR count). The summed E-state index contributed by atoms with van der Waals surface area (Å²) in [5, 5.41) is 19.5. The van der Waals surface area contributed by atoms with Gasteiger partial charge in [-0.3, -0.25) is 14.5 Å². The molecule has 1 aromatic heterocycles. The second kappa shape index (κ2) is 9.17. The van der Waals surface area contributed by atoms with E-state index in [1.54, 1.807) is 11.6 Å². The number of likely N-dealkylation sites (tertiary alicyclic amines) is 1. The number of rotatable bonds is 5. The van der Waals surface area contributed by atoms with E-state index in [0.717, 1.165) is 31.8 Å². The maximum absolute atomic E-state index is 11.8. The molecule has 1 aliphatic heterocycles. The predicted molar refractivity (Wildman–Crippen MR) is 82.5 cm³/mol. The van der Waals surface area contributed by atoms with E-state index in [9.17, 15) is 4.79 Å². The van der Waals surface area contributed by atoms with E-state index in [-0.39, 0.29) is 18.1 Å². The topological polar surface area (TPSA) is 100 Å². The average molecular weight is 323 g/mol. The van der Waals surface area contributed by atoms with Gasteiger partial charge in [0.25, 0.3) is 0 Å². The number of nitrogens with zero attached hydrogens (tertiary/aromatic N) is 7. The molecule has 0 saturated carbocycles. The van der Waals surface area contributed by atoms with Crippen molar-refractivity contribution < 1.29 is 9.63 Å². The molecule has 1 aromatic rings.